The zero-order chi connectivity index (χ0) is 23.4. The molecule has 0 saturated carbocycles. The first kappa shape index (κ1) is 25.5. The van der Waals surface area contributed by atoms with Crippen LogP contribution < -0.4 is 15.5 Å². The van der Waals surface area contributed by atoms with E-state index in [4.69, 9.17) is 11.6 Å². The van der Waals surface area contributed by atoms with E-state index in [2.05, 4.69) is 15.6 Å². The van der Waals surface area contributed by atoms with Crippen LogP contribution in [0.25, 0.3) is 0 Å². The van der Waals surface area contributed by atoms with Crippen molar-refractivity contribution in [1.29, 1.82) is 0 Å². The van der Waals surface area contributed by atoms with Crippen LogP contribution in [0.3, 0.4) is 0 Å². The SMILES string of the molecule is CNC(C)C(=O)Nc1ccc2c(n1)CN(CCc1ccccc1)C(=O)N2c1ccc(Cl)cc1.Cl. The second kappa shape index (κ2) is 11.3. The molecule has 2 aromatic carbocycles. The number of hydrogen-bond donors (Lipinski definition) is 2. The molecule has 2 N–H and O–H groups in total. The normalized spacial score (nSPS) is 13.7. The van der Waals surface area contributed by atoms with Gasteiger partial charge in [-0.05, 0) is 62.4 Å². The summed E-state index contributed by atoms with van der Waals surface area (Å²) in [6, 6.07) is 20.3. The minimum Gasteiger partial charge on any atom is -0.318 e. The highest BCUT2D eigenvalue weighted by molar-refractivity contribution is 6.30. The van der Waals surface area contributed by atoms with Crippen LogP contribution in [0.2, 0.25) is 5.02 Å². The van der Waals surface area contributed by atoms with Gasteiger partial charge in [-0.15, -0.1) is 12.4 Å². The van der Waals surface area contributed by atoms with Gasteiger partial charge in [0.15, 0.2) is 0 Å². The number of anilines is 3. The van der Waals surface area contributed by atoms with Gasteiger partial charge in [-0.1, -0.05) is 41.9 Å². The summed E-state index contributed by atoms with van der Waals surface area (Å²) in [5.41, 5.74) is 3.27. The Bertz CT molecular complexity index is 1140. The molecule has 1 aliphatic heterocycles. The van der Waals surface area contributed by atoms with Crippen LogP contribution in [0.5, 0.6) is 0 Å². The fraction of sp³-hybridized carbons (Fsp3) is 0.240. The quantitative estimate of drug-likeness (QED) is 0.478. The van der Waals surface area contributed by atoms with E-state index in [1.165, 1.54) is 0 Å². The maximum absolute atomic E-state index is 13.5. The lowest BCUT2D eigenvalue weighted by Gasteiger charge is -2.36. The van der Waals surface area contributed by atoms with Crippen molar-refractivity contribution in [3.63, 3.8) is 0 Å². The van der Waals surface area contributed by atoms with Crippen molar-refractivity contribution in [1.82, 2.24) is 15.2 Å². The number of pyridine rings is 1. The topological polar surface area (TPSA) is 77.6 Å². The fourth-order valence-electron chi connectivity index (χ4n) is 3.67. The molecule has 0 saturated heterocycles. The summed E-state index contributed by atoms with van der Waals surface area (Å²) in [4.78, 5) is 33.9. The van der Waals surface area contributed by atoms with Crippen molar-refractivity contribution in [3.05, 3.63) is 83.0 Å². The van der Waals surface area contributed by atoms with E-state index in [1.54, 1.807) is 42.0 Å². The number of amides is 3. The van der Waals surface area contributed by atoms with Gasteiger partial charge < -0.3 is 15.5 Å². The van der Waals surface area contributed by atoms with Crippen molar-refractivity contribution in [2.75, 3.05) is 23.8 Å². The molecule has 7 nitrogen and oxygen atoms in total. The molecule has 0 spiro atoms. The molecule has 0 radical (unpaired) electrons. The number of likely N-dealkylation sites (N-methyl/N-ethyl adjacent to an activating group) is 1. The third-order valence-corrected chi connectivity index (χ3v) is 5.92. The standard InChI is InChI=1S/C25H26ClN5O2.ClH/c1-17(27-2)24(32)29-23-13-12-22-21(28-23)16-30(15-14-18-6-4-3-5-7-18)25(33)31(22)20-10-8-19(26)9-11-20;/h3-13,17,27H,14-16H2,1-2H3,(H,28,29,32);1H. The molecule has 0 aliphatic carbocycles. The predicted octanol–water partition coefficient (Wildman–Crippen LogP) is 5.02. The molecule has 1 aliphatic rings. The Morgan fingerprint density at radius 1 is 1.09 bits per heavy atom. The van der Waals surface area contributed by atoms with Gasteiger partial charge in [0, 0.05) is 11.6 Å². The molecule has 2 heterocycles. The van der Waals surface area contributed by atoms with Gasteiger partial charge in [-0.3, -0.25) is 9.69 Å². The number of hydrogen-bond acceptors (Lipinski definition) is 4. The molecule has 1 atom stereocenters. The summed E-state index contributed by atoms with van der Waals surface area (Å²) in [5, 5.41) is 6.35. The van der Waals surface area contributed by atoms with Crippen molar-refractivity contribution in [2.24, 2.45) is 0 Å². The Morgan fingerprint density at radius 2 is 1.79 bits per heavy atom. The lowest BCUT2D eigenvalue weighted by Crippen LogP contribution is -2.46. The molecule has 34 heavy (non-hydrogen) atoms. The van der Waals surface area contributed by atoms with Crippen molar-refractivity contribution >= 4 is 53.1 Å². The van der Waals surface area contributed by atoms with E-state index in [9.17, 15) is 9.59 Å². The van der Waals surface area contributed by atoms with Gasteiger partial charge in [0.2, 0.25) is 5.91 Å². The lowest BCUT2D eigenvalue weighted by atomic mass is 10.1. The van der Waals surface area contributed by atoms with Gasteiger partial charge in [0.25, 0.3) is 0 Å². The Labute approximate surface area is 210 Å². The highest BCUT2D eigenvalue weighted by atomic mass is 35.5. The van der Waals surface area contributed by atoms with Crippen LogP contribution in [0.1, 0.15) is 18.2 Å². The maximum Gasteiger partial charge on any atom is 0.329 e. The average Bonchev–Trinajstić information content (AvgIpc) is 2.83. The molecular formula is C25H27Cl2N5O2. The van der Waals surface area contributed by atoms with E-state index in [0.29, 0.717) is 41.0 Å². The van der Waals surface area contributed by atoms with Gasteiger partial charge >= 0.3 is 6.03 Å². The molecular weight excluding hydrogens is 473 g/mol. The molecule has 0 bridgehead atoms. The minimum atomic E-state index is -0.350. The molecule has 9 heteroatoms. The van der Waals surface area contributed by atoms with Crippen LogP contribution in [0.15, 0.2) is 66.7 Å². The van der Waals surface area contributed by atoms with Crippen molar-refractivity contribution < 1.29 is 9.59 Å². The second-order valence-electron chi connectivity index (χ2n) is 7.91. The summed E-state index contributed by atoms with van der Waals surface area (Å²) >= 11 is 6.07. The Morgan fingerprint density at radius 3 is 2.47 bits per heavy atom. The first-order chi connectivity index (χ1) is 16.0. The number of rotatable bonds is 7. The van der Waals surface area contributed by atoms with E-state index in [1.807, 2.05) is 48.5 Å². The Hall–Kier alpha value is -3.13. The number of carbonyl (C=O) groups excluding carboxylic acids is 2. The first-order valence-corrected chi connectivity index (χ1v) is 11.2. The smallest absolute Gasteiger partial charge is 0.318 e. The third-order valence-electron chi connectivity index (χ3n) is 5.67. The van der Waals surface area contributed by atoms with Crippen molar-refractivity contribution in [3.8, 4) is 0 Å². The molecule has 1 aromatic heterocycles. The first-order valence-electron chi connectivity index (χ1n) is 10.8. The summed E-state index contributed by atoms with van der Waals surface area (Å²) in [5.74, 6) is 0.279. The fourth-order valence-corrected chi connectivity index (χ4v) is 3.79. The summed E-state index contributed by atoms with van der Waals surface area (Å²) < 4.78 is 0. The highest BCUT2D eigenvalue weighted by Gasteiger charge is 2.32. The number of aromatic nitrogens is 1. The zero-order valence-corrected chi connectivity index (χ0v) is 20.6. The maximum atomic E-state index is 13.5. The average molecular weight is 500 g/mol. The van der Waals surface area contributed by atoms with E-state index in [-0.39, 0.29) is 30.4 Å². The zero-order valence-electron chi connectivity index (χ0n) is 19.0. The lowest BCUT2D eigenvalue weighted by molar-refractivity contribution is -0.117. The third kappa shape index (κ3) is 5.67. The molecule has 4 rings (SSSR count). The van der Waals surface area contributed by atoms with Gasteiger partial charge in [-0.2, -0.15) is 0 Å². The largest absolute Gasteiger partial charge is 0.329 e. The van der Waals surface area contributed by atoms with Crippen LogP contribution in [-0.4, -0.2) is 41.5 Å². The minimum absolute atomic E-state index is 0. The summed E-state index contributed by atoms with van der Waals surface area (Å²) in [6.07, 6.45) is 0.729. The second-order valence-corrected chi connectivity index (χ2v) is 8.35. The molecule has 3 aromatic rings. The molecule has 178 valence electrons. The summed E-state index contributed by atoms with van der Waals surface area (Å²) in [6.45, 7) is 2.68. The van der Waals surface area contributed by atoms with E-state index >= 15 is 0 Å². The highest BCUT2D eigenvalue weighted by Crippen LogP contribution is 2.35. The Kier molecular flexibility index (Phi) is 8.50. The molecule has 1 unspecified atom stereocenters. The van der Waals surface area contributed by atoms with E-state index in [0.717, 1.165) is 12.0 Å². The number of nitrogens with zero attached hydrogens (tertiary/aromatic N) is 3. The number of urea groups is 1. The molecule has 3 amide bonds. The molecule has 0 fully saturated rings. The predicted molar refractivity (Wildman–Crippen MR) is 138 cm³/mol. The van der Waals surface area contributed by atoms with Gasteiger partial charge in [-0.25, -0.2) is 9.78 Å². The van der Waals surface area contributed by atoms with Gasteiger partial charge in [0.1, 0.15) is 5.82 Å². The van der Waals surface area contributed by atoms with Crippen molar-refractivity contribution in [2.45, 2.75) is 25.9 Å². The van der Waals surface area contributed by atoms with E-state index < -0.39 is 0 Å². The monoisotopic (exact) mass is 499 g/mol. The number of fused-ring (bicyclic) bond motifs is 1. The van der Waals surface area contributed by atoms with Gasteiger partial charge in [0.05, 0.1) is 29.7 Å². The van der Waals surface area contributed by atoms with Crippen LogP contribution in [0, 0.1) is 0 Å². The number of benzene rings is 2. The number of halogens is 2. The summed E-state index contributed by atoms with van der Waals surface area (Å²) in [7, 11) is 1.73. The number of carbonyl (C=O) groups is 2. The van der Waals surface area contributed by atoms with Crippen LogP contribution in [0.4, 0.5) is 22.0 Å². The van der Waals surface area contributed by atoms with Crippen LogP contribution >= 0.6 is 24.0 Å². The van der Waals surface area contributed by atoms with Crippen LogP contribution in [-0.2, 0) is 17.8 Å². The number of nitrogens with one attached hydrogen (secondary N) is 2. The Balaban J connectivity index is 0.00000324.